The third kappa shape index (κ3) is 4.90. The highest BCUT2D eigenvalue weighted by Gasteiger charge is 2.36. The number of aromatic nitrogens is 3. The molecule has 1 saturated heterocycles. The van der Waals surface area contributed by atoms with Crippen LogP contribution < -0.4 is 5.32 Å². The van der Waals surface area contributed by atoms with Gasteiger partial charge in [-0.25, -0.2) is 18.4 Å². The van der Waals surface area contributed by atoms with Crippen molar-refractivity contribution in [2.24, 2.45) is 5.16 Å². The molecule has 2 aliphatic rings. The molecule has 3 heterocycles. The van der Waals surface area contributed by atoms with E-state index in [1.165, 1.54) is 29.7 Å². The number of amides is 1. The molecule has 13 heteroatoms. The molecule has 1 aliphatic heterocycles. The summed E-state index contributed by atoms with van der Waals surface area (Å²) in [7, 11) is -3.34. The molecule has 10 nitrogen and oxygen atoms in total. The summed E-state index contributed by atoms with van der Waals surface area (Å²) in [6.07, 6.45) is 3.30. The Kier molecular flexibility index (Phi) is 6.12. The van der Waals surface area contributed by atoms with E-state index in [2.05, 4.69) is 41.4 Å². The maximum absolute atomic E-state index is 13.1. The average molecular weight is 552 g/mol. The van der Waals surface area contributed by atoms with Crippen LogP contribution >= 0.6 is 27.3 Å². The molecule has 1 aromatic carbocycles. The van der Waals surface area contributed by atoms with Crippen molar-refractivity contribution in [1.29, 1.82) is 0 Å². The van der Waals surface area contributed by atoms with Crippen molar-refractivity contribution >= 4 is 64.3 Å². The summed E-state index contributed by atoms with van der Waals surface area (Å²) in [5.74, 6) is -0.551. The smallest absolute Gasteiger partial charge is 0.280 e. The Morgan fingerprint density at radius 1 is 1.21 bits per heavy atom. The van der Waals surface area contributed by atoms with Crippen LogP contribution in [-0.2, 0) is 24.2 Å². The largest absolute Gasteiger partial charge is 0.389 e. The molecule has 33 heavy (non-hydrogen) atoms. The van der Waals surface area contributed by atoms with Gasteiger partial charge in [-0.2, -0.15) is 4.98 Å². The number of hydrogen-bond donors (Lipinski definition) is 1. The minimum Gasteiger partial charge on any atom is -0.389 e. The quantitative estimate of drug-likeness (QED) is 0.350. The van der Waals surface area contributed by atoms with Gasteiger partial charge in [0.25, 0.3) is 5.91 Å². The maximum atomic E-state index is 13.1. The normalized spacial score (nSPS) is 19.1. The van der Waals surface area contributed by atoms with E-state index in [9.17, 15) is 13.2 Å². The third-order valence-electron chi connectivity index (χ3n) is 5.13. The maximum Gasteiger partial charge on any atom is 0.280 e. The second kappa shape index (κ2) is 9.05. The summed E-state index contributed by atoms with van der Waals surface area (Å²) in [5, 5.41) is 6.79. The van der Waals surface area contributed by atoms with Gasteiger partial charge in [-0.05, 0) is 40.9 Å². The number of anilines is 1. The zero-order valence-corrected chi connectivity index (χ0v) is 20.3. The van der Waals surface area contributed by atoms with Crippen molar-refractivity contribution in [3.05, 3.63) is 40.6 Å². The monoisotopic (exact) mass is 551 g/mol. The summed E-state index contributed by atoms with van der Waals surface area (Å²) in [6, 6.07) is 6.10. The van der Waals surface area contributed by atoms with Crippen LogP contribution in [0.1, 0.15) is 24.8 Å². The van der Waals surface area contributed by atoms with E-state index < -0.39 is 15.7 Å². The SMILES string of the molecule is O=C(Nc1nc2ncc(Br)nc2s1)/C(=N/O[C@@H]1CCOC1)c1ccc(S(=O)(=O)C2CC2)cc1. The summed E-state index contributed by atoms with van der Waals surface area (Å²) in [5.41, 5.74) is 0.825. The summed E-state index contributed by atoms with van der Waals surface area (Å²) >= 11 is 4.43. The molecule has 2 fully saturated rings. The molecule has 0 spiro atoms. The van der Waals surface area contributed by atoms with Crippen molar-refractivity contribution in [3.63, 3.8) is 0 Å². The van der Waals surface area contributed by atoms with Gasteiger partial charge in [0.2, 0.25) is 0 Å². The van der Waals surface area contributed by atoms with Gasteiger partial charge in [0.15, 0.2) is 37.3 Å². The van der Waals surface area contributed by atoms with Crippen LogP contribution in [0.4, 0.5) is 5.13 Å². The fraction of sp³-hybridized carbons (Fsp3) is 0.350. The standard InChI is InChI=1S/C20H18BrN5O5S2/c21-15-9-22-17-19(23-15)32-20(24-17)25-18(27)16(26-31-12-7-8-30-10-12)11-1-3-13(4-2-11)33(28,29)14-5-6-14/h1-4,9,12,14H,5-8,10H2,(H,22,24,25,27)/b26-16+/t12-/m1/s1. The van der Waals surface area contributed by atoms with Gasteiger partial charge in [-0.1, -0.05) is 28.6 Å². The second-order valence-electron chi connectivity index (χ2n) is 7.59. The number of benzene rings is 1. The van der Waals surface area contributed by atoms with Crippen molar-refractivity contribution in [2.45, 2.75) is 35.5 Å². The number of nitrogens with zero attached hydrogens (tertiary/aromatic N) is 4. The highest BCUT2D eigenvalue weighted by atomic mass is 79.9. The van der Waals surface area contributed by atoms with Gasteiger partial charge in [0, 0.05) is 12.0 Å². The number of ether oxygens (including phenoxy) is 1. The Labute approximate surface area is 201 Å². The molecule has 1 N–H and O–H groups in total. The summed E-state index contributed by atoms with van der Waals surface area (Å²) in [6.45, 7) is 0.956. The Bertz CT molecular complexity index is 1330. The van der Waals surface area contributed by atoms with E-state index >= 15 is 0 Å². The number of halogens is 1. The van der Waals surface area contributed by atoms with Gasteiger partial charge in [0.1, 0.15) is 4.60 Å². The van der Waals surface area contributed by atoms with Crippen LogP contribution in [0.3, 0.4) is 0 Å². The van der Waals surface area contributed by atoms with E-state index in [1.807, 2.05) is 0 Å². The molecule has 1 saturated carbocycles. The van der Waals surface area contributed by atoms with Crippen LogP contribution in [0.15, 0.2) is 45.1 Å². The van der Waals surface area contributed by atoms with E-state index in [1.54, 1.807) is 12.1 Å². The lowest BCUT2D eigenvalue weighted by molar-refractivity contribution is -0.110. The van der Waals surface area contributed by atoms with Crippen LogP contribution in [0.2, 0.25) is 0 Å². The van der Waals surface area contributed by atoms with Crippen molar-refractivity contribution in [3.8, 4) is 0 Å². The number of fused-ring (bicyclic) bond motifs is 1. The number of nitrogens with one attached hydrogen (secondary N) is 1. The van der Waals surface area contributed by atoms with Gasteiger partial charge < -0.3 is 9.57 Å². The zero-order chi connectivity index (χ0) is 23.0. The first kappa shape index (κ1) is 22.3. The Morgan fingerprint density at radius 3 is 2.70 bits per heavy atom. The lowest BCUT2D eigenvalue weighted by atomic mass is 10.1. The topological polar surface area (TPSA) is 133 Å². The highest BCUT2D eigenvalue weighted by molar-refractivity contribution is 9.10. The van der Waals surface area contributed by atoms with Gasteiger partial charge in [0.05, 0.1) is 29.6 Å². The van der Waals surface area contributed by atoms with E-state index in [4.69, 9.17) is 9.57 Å². The van der Waals surface area contributed by atoms with Crippen molar-refractivity contribution in [2.75, 3.05) is 18.5 Å². The van der Waals surface area contributed by atoms with Gasteiger partial charge in [-0.3, -0.25) is 10.1 Å². The van der Waals surface area contributed by atoms with Crippen molar-refractivity contribution in [1.82, 2.24) is 15.0 Å². The molecule has 172 valence electrons. The van der Waals surface area contributed by atoms with Crippen molar-refractivity contribution < 1.29 is 22.8 Å². The molecule has 5 rings (SSSR count). The van der Waals surface area contributed by atoms with Gasteiger partial charge in [-0.15, -0.1) is 0 Å². The number of carbonyl (C=O) groups excluding carboxylic acids is 1. The van der Waals surface area contributed by atoms with Crippen LogP contribution in [0.5, 0.6) is 0 Å². The number of thiazole rings is 1. The Morgan fingerprint density at radius 2 is 2.00 bits per heavy atom. The molecule has 1 aliphatic carbocycles. The summed E-state index contributed by atoms with van der Waals surface area (Å²) < 4.78 is 30.8. The molecule has 0 unspecified atom stereocenters. The molecule has 0 radical (unpaired) electrons. The average Bonchev–Trinajstić information content (AvgIpc) is 3.40. The molecule has 1 amide bonds. The second-order valence-corrected chi connectivity index (χ2v) is 11.6. The Hall–Kier alpha value is -2.48. The molecule has 3 aromatic rings. The molecular formula is C20H18BrN5O5S2. The fourth-order valence-electron chi connectivity index (χ4n) is 3.23. The number of oxime groups is 1. The predicted molar refractivity (Wildman–Crippen MR) is 125 cm³/mol. The minimum absolute atomic E-state index is 0.00127. The first-order valence-electron chi connectivity index (χ1n) is 10.2. The minimum atomic E-state index is -3.34. The number of rotatable bonds is 7. The Balaban J connectivity index is 1.41. The number of hydrogen-bond acceptors (Lipinski definition) is 10. The zero-order valence-electron chi connectivity index (χ0n) is 17.1. The van der Waals surface area contributed by atoms with Gasteiger partial charge >= 0.3 is 0 Å². The number of sulfone groups is 1. The lowest BCUT2D eigenvalue weighted by Crippen LogP contribution is -2.25. The predicted octanol–water partition coefficient (Wildman–Crippen LogP) is 2.93. The fourth-order valence-corrected chi connectivity index (χ4v) is 6.08. The first-order chi connectivity index (χ1) is 15.9. The molecule has 2 aromatic heterocycles. The number of carbonyl (C=O) groups is 1. The van der Waals surface area contributed by atoms with E-state index in [-0.39, 0.29) is 22.0 Å². The van der Waals surface area contributed by atoms with E-state index in [0.717, 1.165) is 0 Å². The van der Waals surface area contributed by atoms with Crippen LogP contribution in [0, 0.1) is 0 Å². The molecular weight excluding hydrogens is 534 g/mol. The van der Waals surface area contributed by atoms with Crippen LogP contribution in [-0.4, -0.2) is 59.6 Å². The van der Waals surface area contributed by atoms with E-state index in [0.29, 0.717) is 58.3 Å². The molecule has 0 bridgehead atoms. The molecule has 1 atom stereocenters. The third-order valence-corrected chi connectivity index (χ3v) is 8.64. The highest BCUT2D eigenvalue weighted by Crippen LogP contribution is 2.33. The summed E-state index contributed by atoms with van der Waals surface area (Å²) in [4.78, 5) is 32.2. The first-order valence-corrected chi connectivity index (χ1v) is 13.3. The lowest BCUT2D eigenvalue weighted by Gasteiger charge is -2.10. The van der Waals surface area contributed by atoms with Crippen LogP contribution in [0.25, 0.3) is 10.5 Å².